The van der Waals surface area contributed by atoms with Gasteiger partial charge in [-0.1, -0.05) is 30.3 Å². The van der Waals surface area contributed by atoms with Crippen molar-refractivity contribution < 1.29 is 5.11 Å². The Labute approximate surface area is 176 Å². The summed E-state index contributed by atoms with van der Waals surface area (Å²) in [4.78, 5) is 9.80. The number of rotatable bonds is 8. The van der Waals surface area contributed by atoms with Gasteiger partial charge in [-0.3, -0.25) is 9.89 Å². The van der Waals surface area contributed by atoms with Crippen LogP contribution in [0.25, 0.3) is 0 Å². The number of guanidine groups is 1. The fraction of sp³-hybridized carbons (Fsp3) is 0.696. The molecule has 0 bridgehead atoms. The van der Waals surface area contributed by atoms with Gasteiger partial charge in [0.2, 0.25) is 0 Å². The Kier molecular flexibility index (Phi) is 9.25. The second kappa shape index (κ2) is 12.2. The zero-order valence-corrected chi connectivity index (χ0v) is 18.0. The smallest absolute Gasteiger partial charge is 0.191 e. The van der Waals surface area contributed by atoms with Crippen LogP contribution < -0.4 is 10.6 Å². The van der Waals surface area contributed by atoms with Crippen LogP contribution in [0.3, 0.4) is 0 Å². The maximum atomic E-state index is 9.61. The lowest BCUT2D eigenvalue weighted by Crippen LogP contribution is -2.48. The number of hydrogen-bond acceptors (Lipinski definition) is 4. The first-order valence-electron chi connectivity index (χ1n) is 11.4. The van der Waals surface area contributed by atoms with Gasteiger partial charge in [0.05, 0.1) is 6.10 Å². The molecular formula is C23H39N5O. The third-order valence-corrected chi connectivity index (χ3v) is 5.98. The van der Waals surface area contributed by atoms with Gasteiger partial charge in [0.1, 0.15) is 0 Å². The molecule has 0 spiro atoms. The number of aliphatic hydroxyl groups excluding tert-OH is 1. The molecule has 6 nitrogen and oxygen atoms in total. The van der Waals surface area contributed by atoms with Gasteiger partial charge in [0, 0.05) is 51.9 Å². The van der Waals surface area contributed by atoms with Crippen LogP contribution in [0.1, 0.15) is 44.6 Å². The fourth-order valence-electron chi connectivity index (χ4n) is 4.22. The number of aliphatic imine (C=N–C) groups is 1. The van der Waals surface area contributed by atoms with Crippen LogP contribution in [0.4, 0.5) is 0 Å². The minimum atomic E-state index is -0.0899. The largest absolute Gasteiger partial charge is 0.393 e. The van der Waals surface area contributed by atoms with Crippen LogP contribution in [0, 0.1) is 0 Å². The van der Waals surface area contributed by atoms with Gasteiger partial charge in [-0.25, -0.2) is 0 Å². The molecule has 162 valence electrons. The van der Waals surface area contributed by atoms with Crippen molar-refractivity contribution in [2.75, 3.05) is 45.8 Å². The van der Waals surface area contributed by atoms with Crippen LogP contribution in [-0.4, -0.2) is 78.8 Å². The van der Waals surface area contributed by atoms with Crippen molar-refractivity contribution in [1.29, 1.82) is 0 Å². The molecule has 1 aromatic rings. The topological polar surface area (TPSA) is 63.1 Å². The molecule has 0 radical (unpaired) electrons. The van der Waals surface area contributed by atoms with E-state index in [4.69, 9.17) is 4.99 Å². The summed E-state index contributed by atoms with van der Waals surface area (Å²) in [6, 6.07) is 11.3. The lowest BCUT2D eigenvalue weighted by Gasteiger charge is -2.33. The molecule has 1 aromatic carbocycles. The van der Waals surface area contributed by atoms with Crippen molar-refractivity contribution in [3.05, 3.63) is 35.9 Å². The van der Waals surface area contributed by atoms with Crippen LogP contribution in [0.5, 0.6) is 0 Å². The summed E-state index contributed by atoms with van der Waals surface area (Å²) < 4.78 is 0. The first kappa shape index (κ1) is 22.1. The maximum Gasteiger partial charge on any atom is 0.191 e. The first-order chi connectivity index (χ1) is 14.2. The molecule has 0 atom stereocenters. The standard InChI is InChI=1S/C23H39N5O/c1-2-24-23(25-13-6-14-27-17-11-22(29)12-18-27)26-21-9-15-28(16-10-21)19-20-7-4-3-5-8-20/h3-5,7-8,21-22,29H,2,6,9-19H2,1H3,(H2,24,25,26). The Morgan fingerprint density at radius 3 is 2.41 bits per heavy atom. The molecule has 2 fully saturated rings. The monoisotopic (exact) mass is 401 g/mol. The highest BCUT2D eigenvalue weighted by atomic mass is 16.3. The molecule has 29 heavy (non-hydrogen) atoms. The van der Waals surface area contributed by atoms with E-state index in [0.29, 0.717) is 6.04 Å². The van der Waals surface area contributed by atoms with E-state index in [1.807, 2.05) is 0 Å². The molecule has 6 heteroatoms. The molecule has 2 heterocycles. The Morgan fingerprint density at radius 1 is 1.03 bits per heavy atom. The molecule has 2 saturated heterocycles. The van der Waals surface area contributed by atoms with Gasteiger partial charge in [0.25, 0.3) is 0 Å². The number of nitrogens with zero attached hydrogens (tertiary/aromatic N) is 3. The molecule has 0 aromatic heterocycles. The number of nitrogens with one attached hydrogen (secondary N) is 2. The molecule has 2 aliphatic heterocycles. The van der Waals surface area contributed by atoms with Gasteiger partial charge in [0.15, 0.2) is 5.96 Å². The minimum absolute atomic E-state index is 0.0899. The third-order valence-electron chi connectivity index (χ3n) is 5.98. The Bertz CT molecular complexity index is 593. The van der Waals surface area contributed by atoms with E-state index in [1.165, 1.54) is 5.56 Å². The lowest BCUT2D eigenvalue weighted by atomic mass is 10.0. The summed E-state index contributed by atoms with van der Waals surface area (Å²) >= 11 is 0. The summed E-state index contributed by atoms with van der Waals surface area (Å²) in [7, 11) is 0. The minimum Gasteiger partial charge on any atom is -0.393 e. The maximum absolute atomic E-state index is 9.61. The number of likely N-dealkylation sites (tertiary alicyclic amines) is 2. The third kappa shape index (κ3) is 7.96. The summed E-state index contributed by atoms with van der Waals surface area (Å²) in [5.74, 6) is 0.961. The van der Waals surface area contributed by atoms with Crippen molar-refractivity contribution in [2.45, 2.75) is 57.7 Å². The van der Waals surface area contributed by atoms with Crippen molar-refractivity contribution in [3.8, 4) is 0 Å². The Hall–Kier alpha value is -1.63. The van der Waals surface area contributed by atoms with Crippen molar-refractivity contribution in [1.82, 2.24) is 20.4 Å². The first-order valence-corrected chi connectivity index (χ1v) is 11.4. The summed E-state index contributed by atoms with van der Waals surface area (Å²) in [6.45, 7) is 10.3. The zero-order valence-electron chi connectivity index (χ0n) is 18.0. The van der Waals surface area contributed by atoms with E-state index >= 15 is 0 Å². The van der Waals surface area contributed by atoms with Gasteiger partial charge < -0.3 is 20.6 Å². The highest BCUT2D eigenvalue weighted by Gasteiger charge is 2.20. The van der Waals surface area contributed by atoms with Gasteiger partial charge in [-0.15, -0.1) is 0 Å². The summed E-state index contributed by atoms with van der Waals surface area (Å²) in [5.41, 5.74) is 1.40. The predicted molar refractivity (Wildman–Crippen MR) is 120 cm³/mol. The molecule has 0 amide bonds. The van der Waals surface area contributed by atoms with E-state index in [2.05, 4.69) is 57.7 Å². The van der Waals surface area contributed by atoms with E-state index in [9.17, 15) is 5.11 Å². The van der Waals surface area contributed by atoms with E-state index in [1.54, 1.807) is 0 Å². The molecule has 0 aliphatic carbocycles. The van der Waals surface area contributed by atoms with Gasteiger partial charge in [-0.05, 0) is 51.1 Å². The van der Waals surface area contributed by atoms with Crippen LogP contribution >= 0.6 is 0 Å². The lowest BCUT2D eigenvalue weighted by molar-refractivity contribution is 0.0824. The molecule has 3 N–H and O–H groups in total. The van der Waals surface area contributed by atoms with E-state index in [0.717, 1.165) is 90.4 Å². The summed E-state index contributed by atoms with van der Waals surface area (Å²) in [6.07, 6.45) is 5.13. The second-order valence-electron chi connectivity index (χ2n) is 8.37. The van der Waals surface area contributed by atoms with Crippen LogP contribution in [-0.2, 0) is 6.54 Å². The number of aliphatic hydroxyl groups is 1. The van der Waals surface area contributed by atoms with Crippen molar-refractivity contribution in [2.24, 2.45) is 4.99 Å². The highest BCUT2D eigenvalue weighted by molar-refractivity contribution is 5.80. The second-order valence-corrected chi connectivity index (χ2v) is 8.37. The molecular weight excluding hydrogens is 362 g/mol. The Balaban J connectivity index is 1.35. The highest BCUT2D eigenvalue weighted by Crippen LogP contribution is 2.14. The van der Waals surface area contributed by atoms with Crippen molar-refractivity contribution in [3.63, 3.8) is 0 Å². The average Bonchev–Trinajstić information content (AvgIpc) is 2.75. The number of benzene rings is 1. The molecule has 0 saturated carbocycles. The normalized spacial score (nSPS) is 20.7. The molecule has 2 aliphatic rings. The molecule has 3 rings (SSSR count). The quantitative estimate of drug-likeness (QED) is 0.354. The van der Waals surface area contributed by atoms with Gasteiger partial charge >= 0.3 is 0 Å². The zero-order chi connectivity index (χ0) is 20.3. The van der Waals surface area contributed by atoms with Crippen molar-refractivity contribution >= 4 is 5.96 Å². The number of hydrogen-bond donors (Lipinski definition) is 3. The van der Waals surface area contributed by atoms with Gasteiger partial charge in [-0.2, -0.15) is 0 Å². The number of piperidine rings is 2. The van der Waals surface area contributed by atoms with Crippen LogP contribution in [0.2, 0.25) is 0 Å². The SMILES string of the molecule is CCNC(=NCCCN1CCC(O)CC1)NC1CCN(Cc2ccccc2)CC1. The predicted octanol–water partition coefficient (Wildman–Crippen LogP) is 2.05. The summed E-state index contributed by atoms with van der Waals surface area (Å²) in [5, 5.41) is 16.7. The fourth-order valence-corrected chi connectivity index (χ4v) is 4.22. The average molecular weight is 402 g/mol. The van der Waals surface area contributed by atoms with Crippen LogP contribution in [0.15, 0.2) is 35.3 Å². The molecule has 0 unspecified atom stereocenters. The Morgan fingerprint density at radius 2 is 1.72 bits per heavy atom. The van der Waals surface area contributed by atoms with E-state index in [-0.39, 0.29) is 6.10 Å². The van der Waals surface area contributed by atoms with E-state index < -0.39 is 0 Å².